The van der Waals surface area contributed by atoms with Gasteiger partial charge < -0.3 is 4.90 Å². The van der Waals surface area contributed by atoms with Gasteiger partial charge in [-0.2, -0.15) is 0 Å². The molecule has 6 heteroatoms. The van der Waals surface area contributed by atoms with Gasteiger partial charge in [-0.05, 0) is 17.5 Å². The molecule has 2 aliphatic heterocycles. The molecule has 0 bridgehead atoms. The van der Waals surface area contributed by atoms with Crippen LogP contribution in [0.25, 0.3) is 0 Å². The maximum atomic E-state index is 11.7. The van der Waals surface area contributed by atoms with Crippen molar-refractivity contribution >= 4 is 17.7 Å². The molecule has 0 spiro atoms. The molecule has 0 N–H and O–H groups in total. The summed E-state index contributed by atoms with van der Waals surface area (Å²) in [4.78, 5) is 35.7. The zero-order chi connectivity index (χ0) is 11.5. The molecule has 3 amide bonds. The van der Waals surface area contributed by atoms with Crippen LogP contribution in [-0.4, -0.2) is 47.0 Å². The molecule has 16 heavy (non-hydrogen) atoms. The molecule has 84 valence electrons. The number of carbonyl (C=O) groups is 3. The highest BCUT2D eigenvalue weighted by molar-refractivity contribution is 5.96. The Hall–Kier alpha value is -1.85. The zero-order valence-electron chi connectivity index (χ0n) is 8.76. The maximum absolute atomic E-state index is 11.7. The van der Waals surface area contributed by atoms with Crippen molar-refractivity contribution in [3.05, 3.63) is 12.2 Å². The van der Waals surface area contributed by atoms with E-state index in [9.17, 15) is 14.4 Å². The topological polar surface area (TPSA) is 69.8 Å². The summed E-state index contributed by atoms with van der Waals surface area (Å²) in [5.41, 5.74) is 0. The lowest BCUT2D eigenvalue weighted by Crippen LogP contribution is -2.37. The monoisotopic (exact) mass is 222 g/mol. The first-order chi connectivity index (χ1) is 7.66. The lowest BCUT2D eigenvalue weighted by atomic mass is 10.4. The molecule has 6 nitrogen and oxygen atoms in total. The summed E-state index contributed by atoms with van der Waals surface area (Å²) in [7, 11) is 0. The van der Waals surface area contributed by atoms with Gasteiger partial charge in [0.05, 0.1) is 6.08 Å². The summed E-state index contributed by atoms with van der Waals surface area (Å²) in [6.45, 7) is 1.31. The van der Waals surface area contributed by atoms with Gasteiger partial charge in [0.2, 0.25) is 0 Å². The molecule has 0 aliphatic carbocycles. The molecular weight excluding hydrogens is 210 g/mol. The van der Waals surface area contributed by atoms with Gasteiger partial charge in [0.25, 0.3) is 12.5 Å². The van der Waals surface area contributed by atoms with Crippen molar-refractivity contribution in [2.75, 3.05) is 19.6 Å². The third-order valence-corrected chi connectivity index (χ3v) is 2.59. The summed E-state index contributed by atoms with van der Waals surface area (Å²) in [5, 5.41) is 3.49. The van der Waals surface area contributed by atoms with Gasteiger partial charge in [0.15, 0.2) is 0 Å². The minimum Gasteiger partial charge on any atom is -0.337 e. The van der Waals surface area contributed by atoms with E-state index in [-0.39, 0.29) is 12.5 Å². The van der Waals surface area contributed by atoms with Crippen LogP contribution in [-0.2, 0) is 14.4 Å². The summed E-state index contributed by atoms with van der Waals surface area (Å²) in [6, 6.07) is 0. The Morgan fingerprint density at radius 1 is 1.31 bits per heavy atom. The predicted molar refractivity (Wildman–Crippen MR) is 52.5 cm³/mol. The second kappa shape index (κ2) is 4.34. The lowest BCUT2D eigenvalue weighted by molar-refractivity contribution is -0.496. The molecule has 0 aromatic carbocycles. The first kappa shape index (κ1) is 10.7. The highest BCUT2D eigenvalue weighted by atomic mass is 16.2. The van der Waals surface area contributed by atoms with E-state index in [1.807, 2.05) is 0 Å². The number of rotatable bonds is 2. The van der Waals surface area contributed by atoms with Crippen molar-refractivity contribution in [3.8, 4) is 0 Å². The van der Waals surface area contributed by atoms with Crippen LogP contribution in [0.1, 0.15) is 12.8 Å². The van der Waals surface area contributed by atoms with E-state index in [4.69, 9.17) is 0 Å². The summed E-state index contributed by atoms with van der Waals surface area (Å²) >= 11 is 0. The predicted octanol–water partition coefficient (Wildman–Crippen LogP) is -0.304. The highest BCUT2D eigenvalue weighted by Gasteiger charge is 2.29. The Balaban J connectivity index is 2.01. The number of carbonyl (C=O) groups excluding carboxylic acids is 3. The molecule has 1 fully saturated rings. The number of hydrogen-bond acceptors (Lipinski definition) is 3. The molecule has 0 atom stereocenters. The average molecular weight is 222 g/mol. The fourth-order valence-electron chi connectivity index (χ4n) is 1.74. The molecule has 0 aromatic heterocycles. The van der Waals surface area contributed by atoms with Crippen LogP contribution in [0.5, 0.6) is 0 Å². The second-order valence-electron chi connectivity index (χ2n) is 3.76. The molecule has 2 rings (SSSR count). The third kappa shape index (κ3) is 2.21. The first-order valence-electron chi connectivity index (χ1n) is 5.20. The quantitative estimate of drug-likeness (QED) is 0.602. The van der Waals surface area contributed by atoms with E-state index in [0.717, 1.165) is 42.8 Å². The van der Waals surface area contributed by atoms with Gasteiger partial charge in [-0.15, -0.1) is 0 Å². The molecule has 2 heterocycles. The smallest absolute Gasteiger partial charge is 0.337 e. The first-order valence-corrected chi connectivity index (χ1v) is 5.20. The Bertz CT molecular complexity index is 406. The minimum absolute atomic E-state index is 0.144. The van der Waals surface area contributed by atoms with Crippen molar-refractivity contribution in [2.45, 2.75) is 12.8 Å². The molecule has 2 aliphatic rings. The van der Waals surface area contributed by atoms with Crippen molar-refractivity contribution in [3.63, 3.8) is 0 Å². The van der Waals surface area contributed by atoms with E-state index in [1.54, 1.807) is 4.90 Å². The van der Waals surface area contributed by atoms with Crippen LogP contribution in [0, 0.1) is 0 Å². The van der Waals surface area contributed by atoms with E-state index in [0.29, 0.717) is 0 Å². The third-order valence-electron chi connectivity index (χ3n) is 2.59. The van der Waals surface area contributed by atoms with Crippen LogP contribution >= 0.6 is 0 Å². The highest BCUT2D eigenvalue weighted by Crippen LogP contribution is 2.08. The zero-order valence-corrected chi connectivity index (χ0v) is 8.76. The van der Waals surface area contributed by atoms with Crippen molar-refractivity contribution in [1.82, 2.24) is 4.90 Å². The van der Waals surface area contributed by atoms with Crippen molar-refractivity contribution in [2.24, 2.45) is 5.11 Å². The normalized spacial score (nSPS) is 20.2. The van der Waals surface area contributed by atoms with Crippen molar-refractivity contribution in [1.29, 1.82) is 0 Å². The average Bonchev–Trinajstić information content (AvgIpc) is 2.76. The Morgan fingerprint density at radius 3 is 2.69 bits per heavy atom. The second-order valence-corrected chi connectivity index (χ2v) is 3.76. The number of azo groups is 2. The molecular formula is C10H12N3O3+. The van der Waals surface area contributed by atoms with E-state index < -0.39 is 11.8 Å². The number of nitrogens with zero attached hydrogens (tertiary/aromatic N) is 3. The van der Waals surface area contributed by atoms with Crippen LogP contribution in [0.2, 0.25) is 0 Å². The molecule has 0 unspecified atom stereocenters. The van der Waals surface area contributed by atoms with Gasteiger partial charge in [-0.3, -0.25) is 9.59 Å². The van der Waals surface area contributed by atoms with E-state index in [2.05, 4.69) is 5.11 Å². The fraction of sp³-hybridized carbons (Fsp3) is 0.500. The SMILES string of the molecule is O=C1C=CC(=O)[N+](CC(=O)N2CCCC2)=N1. The van der Waals surface area contributed by atoms with Gasteiger partial charge in [0.1, 0.15) is 0 Å². The molecule has 0 radical (unpaired) electrons. The van der Waals surface area contributed by atoms with Gasteiger partial charge in [-0.25, -0.2) is 4.79 Å². The molecule has 0 aromatic rings. The van der Waals surface area contributed by atoms with E-state index in [1.165, 1.54) is 0 Å². The van der Waals surface area contributed by atoms with Crippen LogP contribution in [0.3, 0.4) is 0 Å². The lowest BCUT2D eigenvalue weighted by Gasteiger charge is -2.12. The number of hydrogen-bond donors (Lipinski definition) is 0. The summed E-state index contributed by atoms with van der Waals surface area (Å²) in [5.74, 6) is -1.08. The largest absolute Gasteiger partial charge is 0.437 e. The molecule has 0 saturated carbocycles. The van der Waals surface area contributed by atoms with Crippen LogP contribution < -0.4 is 0 Å². The fourth-order valence-corrected chi connectivity index (χ4v) is 1.74. The van der Waals surface area contributed by atoms with Crippen LogP contribution in [0.4, 0.5) is 0 Å². The van der Waals surface area contributed by atoms with Gasteiger partial charge in [0, 0.05) is 24.3 Å². The molecule has 1 saturated heterocycles. The maximum Gasteiger partial charge on any atom is 0.437 e. The van der Waals surface area contributed by atoms with Crippen molar-refractivity contribution < 1.29 is 19.1 Å². The summed E-state index contributed by atoms with van der Waals surface area (Å²) < 4.78 is 0.920. The number of likely N-dealkylation sites (tertiary alicyclic amines) is 1. The van der Waals surface area contributed by atoms with E-state index >= 15 is 0 Å². The van der Waals surface area contributed by atoms with Gasteiger partial charge in [-0.1, -0.05) is 0 Å². The van der Waals surface area contributed by atoms with Crippen LogP contribution in [0.15, 0.2) is 17.3 Å². The minimum atomic E-state index is -0.506. The standard InChI is InChI=1S/C10H12N3O3/c14-8-3-4-9(15)13(11-8)7-10(16)12-5-1-2-6-12/h3-4H,1-2,5-7H2/q+1. The number of amides is 3. The summed E-state index contributed by atoms with van der Waals surface area (Å²) in [6.07, 6.45) is 4.22. The Labute approximate surface area is 92.2 Å². The Morgan fingerprint density at radius 2 is 2.00 bits per heavy atom. The van der Waals surface area contributed by atoms with Gasteiger partial charge >= 0.3 is 11.8 Å². The Kier molecular flexibility index (Phi) is 2.89.